The van der Waals surface area contributed by atoms with Crippen molar-refractivity contribution in [3.8, 4) is 0 Å². The molecule has 1 heterocycles. The van der Waals surface area contributed by atoms with E-state index in [2.05, 4.69) is 20.7 Å². The van der Waals surface area contributed by atoms with Gasteiger partial charge in [0.15, 0.2) is 0 Å². The van der Waals surface area contributed by atoms with E-state index in [-0.39, 0.29) is 0 Å². The summed E-state index contributed by atoms with van der Waals surface area (Å²) in [5, 5.41) is 5.00. The van der Waals surface area contributed by atoms with E-state index in [0.717, 1.165) is 10.9 Å². The van der Waals surface area contributed by atoms with Crippen LogP contribution < -0.4 is 16.6 Å². The van der Waals surface area contributed by atoms with Crippen LogP contribution in [0.1, 0.15) is 0 Å². The molecule has 2 aromatic carbocycles. The van der Waals surface area contributed by atoms with Crippen molar-refractivity contribution in [2.75, 3.05) is 10.7 Å². The lowest BCUT2D eigenvalue weighted by atomic mass is 10.2. The summed E-state index contributed by atoms with van der Waals surface area (Å²) in [6, 6.07) is 12.9. The van der Waals surface area contributed by atoms with Crippen molar-refractivity contribution in [1.82, 2.24) is 9.97 Å². The van der Waals surface area contributed by atoms with E-state index in [1.807, 2.05) is 24.3 Å². The summed E-state index contributed by atoms with van der Waals surface area (Å²) in [6.07, 6.45) is 0. The van der Waals surface area contributed by atoms with Crippen molar-refractivity contribution in [2.45, 2.75) is 0 Å². The van der Waals surface area contributed by atoms with E-state index >= 15 is 0 Å². The normalized spacial score (nSPS) is 10.6. The van der Waals surface area contributed by atoms with Crippen LogP contribution in [0.2, 0.25) is 10.0 Å². The number of hydrogen-bond donors (Lipinski definition) is 3. The zero-order valence-electron chi connectivity index (χ0n) is 10.8. The van der Waals surface area contributed by atoms with E-state index in [9.17, 15) is 0 Å². The van der Waals surface area contributed by atoms with Gasteiger partial charge in [0.1, 0.15) is 5.82 Å². The highest BCUT2D eigenvalue weighted by molar-refractivity contribution is 6.39. The zero-order chi connectivity index (χ0) is 14.8. The predicted molar refractivity (Wildman–Crippen MR) is 87.1 cm³/mol. The number of fused-ring (bicyclic) bond motifs is 1. The molecule has 4 N–H and O–H groups in total. The predicted octanol–water partition coefficient (Wildman–Crippen LogP) is 3.97. The van der Waals surface area contributed by atoms with Gasteiger partial charge in [-0.3, -0.25) is 5.43 Å². The lowest BCUT2D eigenvalue weighted by molar-refractivity contribution is 1.15. The summed E-state index contributed by atoms with van der Waals surface area (Å²) in [4.78, 5) is 8.61. The zero-order valence-corrected chi connectivity index (χ0v) is 12.3. The molecule has 0 aliphatic heterocycles. The first-order chi connectivity index (χ1) is 10.2. The Morgan fingerprint density at radius 2 is 1.62 bits per heavy atom. The largest absolute Gasteiger partial charge is 0.337 e. The van der Waals surface area contributed by atoms with Crippen LogP contribution >= 0.6 is 23.2 Å². The molecule has 3 aromatic rings. The van der Waals surface area contributed by atoms with Crippen LogP contribution in [-0.4, -0.2) is 9.97 Å². The Labute approximate surface area is 131 Å². The van der Waals surface area contributed by atoms with Gasteiger partial charge in [-0.2, -0.15) is 4.98 Å². The maximum absolute atomic E-state index is 6.17. The second-order valence-corrected chi connectivity index (χ2v) is 5.09. The third kappa shape index (κ3) is 2.71. The monoisotopic (exact) mass is 319 g/mol. The van der Waals surface area contributed by atoms with Crippen molar-refractivity contribution in [2.24, 2.45) is 5.84 Å². The average molecular weight is 320 g/mol. The van der Waals surface area contributed by atoms with Gasteiger partial charge in [0.25, 0.3) is 0 Å². The Hall–Kier alpha value is -2.08. The smallest absolute Gasteiger partial charge is 0.239 e. The Bertz CT molecular complexity index is 786. The quantitative estimate of drug-likeness (QED) is 0.503. The number of halogens is 2. The van der Waals surface area contributed by atoms with Gasteiger partial charge in [-0.25, -0.2) is 10.8 Å². The molecule has 0 bridgehead atoms. The number of nitrogens with two attached hydrogens (primary N) is 1. The molecule has 0 amide bonds. The molecule has 0 atom stereocenters. The maximum atomic E-state index is 6.17. The SMILES string of the molecule is NNc1nc(Nc2c(Cl)cccc2Cl)c2ccccc2n1. The first-order valence-corrected chi connectivity index (χ1v) is 6.89. The minimum absolute atomic E-state index is 0.305. The number of anilines is 3. The van der Waals surface area contributed by atoms with Crippen LogP contribution in [0.25, 0.3) is 10.9 Å². The standard InChI is InChI=1S/C14H11Cl2N5/c15-9-5-3-6-10(16)12(9)19-13-8-4-1-2-7-11(8)18-14(20-13)21-17/h1-7H,17H2,(H2,18,19,20,21). The van der Waals surface area contributed by atoms with Crippen LogP contribution in [0.15, 0.2) is 42.5 Å². The molecule has 106 valence electrons. The lowest BCUT2D eigenvalue weighted by Crippen LogP contribution is -2.11. The number of hydrogen-bond acceptors (Lipinski definition) is 5. The molecule has 0 unspecified atom stereocenters. The number of nitrogen functional groups attached to an aromatic ring is 1. The summed E-state index contributed by atoms with van der Waals surface area (Å²) in [5.74, 6) is 6.29. The minimum Gasteiger partial charge on any atom is -0.337 e. The fraction of sp³-hybridized carbons (Fsp3) is 0. The van der Waals surface area contributed by atoms with Gasteiger partial charge in [0.05, 0.1) is 21.2 Å². The topological polar surface area (TPSA) is 75.9 Å². The maximum Gasteiger partial charge on any atom is 0.239 e. The molecule has 0 saturated heterocycles. The number of benzene rings is 2. The summed E-state index contributed by atoms with van der Waals surface area (Å²) < 4.78 is 0. The highest BCUT2D eigenvalue weighted by Crippen LogP contribution is 2.34. The third-order valence-electron chi connectivity index (χ3n) is 2.94. The molecular formula is C14H11Cl2N5. The number of nitrogens with zero attached hydrogens (tertiary/aromatic N) is 2. The highest BCUT2D eigenvalue weighted by Gasteiger charge is 2.11. The molecule has 0 radical (unpaired) electrons. The minimum atomic E-state index is 0.305. The van der Waals surface area contributed by atoms with Crippen LogP contribution in [0, 0.1) is 0 Å². The fourth-order valence-electron chi connectivity index (χ4n) is 1.97. The van der Waals surface area contributed by atoms with Gasteiger partial charge in [-0.1, -0.05) is 41.4 Å². The molecule has 0 aliphatic carbocycles. The molecule has 0 fully saturated rings. The second kappa shape index (κ2) is 5.73. The highest BCUT2D eigenvalue weighted by atomic mass is 35.5. The summed E-state index contributed by atoms with van der Waals surface area (Å²) in [5.41, 5.74) is 3.79. The summed E-state index contributed by atoms with van der Waals surface area (Å²) in [7, 11) is 0. The van der Waals surface area contributed by atoms with E-state index in [0.29, 0.717) is 27.5 Å². The first-order valence-electron chi connectivity index (χ1n) is 6.13. The fourth-order valence-corrected chi connectivity index (χ4v) is 2.46. The second-order valence-electron chi connectivity index (χ2n) is 4.28. The third-order valence-corrected chi connectivity index (χ3v) is 3.57. The number of rotatable bonds is 3. The van der Waals surface area contributed by atoms with Crippen LogP contribution in [0.3, 0.4) is 0 Å². The van der Waals surface area contributed by atoms with Crippen LogP contribution in [0.5, 0.6) is 0 Å². The van der Waals surface area contributed by atoms with Gasteiger partial charge in [0, 0.05) is 5.39 Å². The van der Waals surface area contributed by atoms with Crippen molar-refractivity contribution in [3.63, 3.8) is 0 Å². The van der Waals surface area contributed by atoms with E-state index < -0.39 is 0 Å². The number of aromatic nitrogens is 2. The number of nitrogens with one attached hydrogen (secondary N) is 2. The molecule has 5 nitrogen and oxygen atoms in total. The Balaban J connectivity index is 2.16. The summed E-state index contributed by atoms with van der Waals surface area (Å²) >= 11 is 12.3. The van der Waals surface area contributed by atoms with E-state index in [1.54, 1.807) is 18.2 Å². The molecule has 3 rings (SSSR count). The van der Waals surface area contributed by atoms with E-state index in [4.69, 9.17) is 29.0 Å². The number of para-hydroxylation sites is 2. The molecule has 21 heavy (non-hydrogen) atoms. The van der Waals surface area contributed by atoms with Gasteiger partial charge in [-0.05, 0) is 24.3 Å². The van der Waals surface area contributed by atoms with Crippen LogP contribution in [-0.2, 0) is 0 Å². The van der Waals surface area contributed by atoms with Crippen molar-refractivity contribution >= 4 is 51.6 Å². The Kier molecular flexibility index (Phi) is 3.79. The molecule has 0 spiro atoms. The Morgan fingerprint density at radius 3 is 2.33 bits per heavy atom. The molecule has 0 aliphatic rings. The molecule has 7 heteroatoms. The van der Waals surface area contributed by atoms with Crippen LogP contribution in [0.4, 0.5) is 17.5 Å². The van der Waals surface area contributed by atoms with Crippen molar-refractivity contribution in [3.05, 3.63) is 52.5 Å². The Morgan fingerprint density at radius 1 is 0.905 bits per heavy atom. The number of hydrazine groups is 1. The van der Waals surface area contributed by atoms with Gasteiger partial charge < -0.3 is 5.32 Å². The molecule has 1 aromatic heterocycles. The molecule has 0 saturated carbocycles. The summed E-state index contributed by atoms with van der Waals surface area (Å²) in [6.45, 7) is 0. The average Bonchev–Trinajstić information content (AvgIpc) is 2.50. The van der Waals surface area contributed by atoms with Gasteiger partial charge in [-0.15, -0.1) is 0 Å². The van der Waals surface area contributed by atoms with Crippen molar-refractivity contribution in [1.29, 1.82) is 0 Å². The van der Waals surface area contributed by atoms with E-state index in [1.165, 1.54) is 0 Å². The first kappa shape index (κ1) is 13.9. The van der Waals surface area contributed by atoms with Gasteiger partial charge in [0.2, 0.25) is 5.95 Å². The molecular weight excluding hydrogens is 309 g/mol. The lowest BCUT2D eigenvalue weighted by Gasteiger charge is -2.12. The van der Waals surface area contributed by atoms with Gasteiger partial charge >= 0.3 is 0 Å². The van der Waals surface area contributed by atoms with Crippen molar-refractivity contribution < 1.29 is 0 Å².